The Labute approximate surface area is 122 Å². The van der Waals surface area contributed by atoms with E-state index in [4.69, 9.17) is 0 Å². The molecule has 0 saturated heterocycles. The van der Waals surface area contributed by atoms with E-state index >= 15 is 0 Å². The molecular weight excluding hydrogens is 293 g/mol. The summed E-state index contributed by atoms with van der Waals surface area (Å²) in [5.41, 5.74) is 1.54. The summed E-state index contributed by atoms with van der Waals surface area (Å²) >= 11 is 0. The molecule has 0 N–H and O–H groups in total. The Morgan fingerprint density at radius 1 is 1.24 bits per heavy atom. The van der Waals surface area contributed by atoms with E-state index in [1.165, 1.54) is 18.5 Å². The van der Waals surface area contributed by atoms with Gasteiger partial charge in [-0.15, -0.1) is 10.2 Å². The lowest BCUT2D eigenvalue weighted by Crippen LogP contribution is -2.06. The second-order valence-corrected chi connectivity index (χ2v) is 5.70. The number of halogens is 1. The molecule has 108 valence electrons. The van der Waals surface area contributed by atoms with Gasteiger partial charge in [-0.25, -0.2) is 9.07 Å². The van der Waals surface area contributed by atoms with Crippen LogP contribution < -0.4 is 0 Å². The maximum atomic E-state index is 12.9. The second-order valence-electron chi connectivity index (χ2n) is 4.42. The van der Waals surface area contributed by atoms with Crippen LogP contribution in [-0.4, -0.2) is 35.0 Å². The van der Waals surface area contributed by atoms with Gasteiger partial charge in [-0.2, -0.15) is 5.10 Å². The van der Waals surface area contributed by atoms with Gasteiger partial charge in [-0.05, 0) is 30.3 Å². The molecule has 0 aliphatic rings. The zero-order valence-corrected chi connectivity index (χ0v) is 12.0. The molecule has 8 heteroatoms. The zero-order chi connectivity index (χ0) is 14.8. The second kappa shape index (κ2) is 5.57. The third-order valence-electron chi connectivity index (χ3n) is 2.90. The molecule has 0 aliphatic heterocycles. The van der Waals surface area contributed by atoms with Gasteiger partial charge in [0.15, 0.2) is 0 Å². The van der Waals surface area contributed by atoms with Gasteiger partial charge >= 0.3 is 0 Å². The van der Waals surface area contributed by atoms with Gasteiger partial charge in [0.2, 0.25) is 5.16 Å². The SMILES string of the molecule is C[S@@](=O)c1nncn1Cc1ccn(-c2ccc(F)cc2)n1. The van der Waals surface area contributed by atoms with Crippen molar-refractivity contribution in [1.82, 2.24) is 24.5 Å². The molecule has 0 fully saturated rings. The van der Waals surface area contributed by atoms with Gasteiger partial charge in [0, 0.05) is 12.5 Å². The van der Waals surface area contributed by atoms with Crippen molar-refractivity contribution in [2.45, 2.75) is 11.7 Å². The Morgan fingerprint density at radius 2 is 2.00 bits per heavy atom. The maximum Gasteiger partial charge on any atom is 0.221 e. The van der Waals surface area contributed by atoms with Crippen LogP contribution in [0.3, 0.4) is 0 Å². The van der Waals surface area contributed by atoms with Gasteiger partial charge in [-0.3, -0.25) is 4.21 Å². The van der Waals surface area contributed by atoms with Crippen LogP contribution in [0.4, 0.5) is 4.39 Å². The molecule has 2 heterocycles. The Hall–Kier alpha value is -2.35. The van der Waals surface area contributed by atoms with Gasteiger partial charge in [0.25, 0.3) is 0 Å². The Bertz CT molecular complexity index is 780. The van der Waals surface area contributed by atoms with E-state index in [9.17, 15) is 8.60 Å². The third-order valence-corrected chi connectivity index (χ3v) is 3.74. The summed E-state index contributed by atoms with van der Waals surface area (Å²) in [5, 5.41) is 12.4. The minimum Gasteiger partial charge on any atom is -0.300 e. The predicted molar refractivity (Wildman–Crippen MR) is 75.0 cm³/mol. The standard InChI is InChI=1S/C13H12FN5OS/c1-21(20)13-16-15-9-18(13)8-11-6-7-19(17-11)12-4-2-10(14)3-5-12/h2-7,9H,8H2,1H3/t21-/m1/s1. The minimum atomic E-state index is -1.20. The van der Waals surface area contributed by atoms with E-state index in [1.807, 2.05) is 6.07 Å². The molecule has 0 saturated carbocycles. The van der Waals surface area contributed by atoms with Crippen molar-refractivity contribution >= 4 is 10.8 Å². The van der Waals surface area contributed by atoms with Crippen LogP contribution in [0.25, 0.3) is 5.69 Å². The summed E-state index contributed by atoms with van der Waals surface area (Å²) in [6.07, 6.45) is 4.86. The average molecular weight is 305 g/mol. The Balaban J connectivity index is 1.83. The maximum absolute atomic E-state index is 12.9. The summed E-state index contributed by atoms with van der Waals surface area (Å²) in [4.78, 5) is 0. The molecule has 6 nitrogen and oxygen atoms in total. The highest BCUT2D eigenvalue weighted by Crippen LogP contribution is 2.10. The van der Waals surface area contributed by atoms with Crippen LogP contribution in [0.2, 0.25) is 0 Å². The quantitative estimate of drug-likeness (QED) is 0.730. The molecule has 0 spiro atoms. The van der Waals surface area contributed by atoms with E-state index in [2.05, 4.69) is 15.3 Å². The first-order chi connectivity index (χ1) is 10.1. The van der Waals surface area contributed by atoms with Crippen molar-refractivity contribution in [3.8, 4) is 5.69 Å². The van der Waals surface area contributed by atoms with Crippen LogP contribution in [-0.2, 0) is 17.3 Å². The number of benzene rings is 1. The highest BCUT2D eigenvalue weighted by Gasteiger charge is 2.10. The molecule has 3 aromatic rings. The van der Waals surface area contributed by atoms with Crippen LogP contribution in [0.15, 0.2) is 48.0 Å². The van der Waals surface area contributed by atoms with Crippen molar-refractivity contribution in [3.05, 3.63) is 54.4 Å². The predicted octanol–water partition coefficient (Wildman–Crippen LogP) is 1.39. The number of rotatable bonds is 4. The average Bonchev–Trinajstić information content (AvgIpc) is 3.09. The molecule has 0 unspecified atom stereocenters. The van der Waals surface area contributed by atoms with Crippen molar-refractivity contribution < 1.29 is 8.60 Å². The van der Waals surface area contributed by atoms with Crippen molar-refractivity contribution in [2.75, 3.05) is 6.26 Å². The molecule has 0 radical (unpaired) electrons. The third kappa shape index (κ3) is 2.89. The van der Waals surface area contributed by atoms with Crippen LogP contribution in [0.1, 0.15) is 5.69 Å². The van der Waals surface area contributed by atoms with Crippen LogP contribution in [0.5, 0.6) is 0 Å². The molecular formula is C13H12FN5OS. The molecule has 21 heavy (non-hydrogen) atoms. The molecule has 0 aliphatic carbocycles. The lowest BCUT2D eigenvalue weighted by Gasteiger charge is -2.02. The number of nitrogens with zero attached hydrogens (tertiary/aromatic N) is 5. The van der Waals surface area contributed by atoms with E-state index in [0.717, 1.165) is 11.4 Å². The summed E-state index contributed by atoms with van der Waals surface area (Å²) in [7, 11) is -1.20. The number of hydrogen-bond donors (Lipinski definition) is 0. The lowest BCUT2D eigenvalue weighted by molar-refractivity contribution is 0.626. The summed E-state index contributed by atoms with van der Waals surface area (Å²) in [6.45, 7) is 0.427. The molecule has 2 aromatic heterocycles. The summed E-state index contributed by atoms with van der Waals surface area (Å²) in [6, 6.07) is 7.91. The number of hydrogen-bond acceptors (Lipinski definition) is 4. The molecule has 3 rings (SSSR count). The first-order valence-electron chi connectivity index (χ1n) is 6.15. The molecule has 0 amide bonds. The Morgan fingerprint density at radius 3 is 2.71 bits per heavy atom. The number of aromatic nitrogens is 5. The van der Waals surface area contributed by atoms with E-state index < -0.39 is 10.8 Å². The smallest absolute Gasteiger partial charge is 0.221 e. The van der Waals surface area contributed by atoms with Crippen LogP contribution in [0, 0.1) is 5.82 Å². The molecule has 1 aromatic carbocycles. The first-order valence-corrected chi connectivity index (χ1v) is 7.71. The van der Waals surface area contributed by atoms with Gasteiger partial charge in [0.1, 0.15) is 12.1 Å². The van der Waals surface area contributed by atoms with Crippen molar-refractivity contribution in [1.29, 1.82) is 0 Å². The first kappa shape index (κ1) is 13.6. The topological polar surface area (TPSA) is 65.6 Å². The zero-order valence-electron chi connectivity index (χ0n) is 11.2. The van der Waals surface area contributed by atoms with Crippen molar-refractivity contribution in [2.24, 2.45) is 0 Å². The monoisotopic (exact) mass is 305 g/mol. The summed E-state index contributed by atoms with van der Waals surface area (Å²) < 4.78 is 27.7. The van der Waals surface area contributed by atoms with Gasteiger partial charge in [0.05, 0.1) is 28.7 Å². The largest absolute Gasteiger partial charge is 0.300 e. The van der Waals surface area contributed by atoms with E-state index in [-0.39, 0.29) is 5.82 Å². The van der Waals surface area contributed by atoms with Crippen molar-refractivity contribution in [3.63, 3.8) is 0 Å². The van der Waals surface area contributed by atoms with Gasteiger partial charge < -0.3 is 4.57 Å². The normalized spacial score (nSPS) is 12.5. The van der Waals surface area contributed by atoms with E-state index in [0.29, 0.717) is 11.7 Å². The minimum absolute atomic E-state index is 0.286. The highest BCUT2D eigenvalue weighted by molar-refractivity contribution is 7.84. The fourth-order valence-corrected chi connectivity index (χ4v) is 2.54. The highest BCUT2D eigenvalue weighted by atomic mass is 32.2. The fraction of sp³-hybridized carbons (Fsp3) is 0.154. The van der Waals surface area contributed by atoms with Gasteiger partial charge in [-0.1, -0.05) is 0 Å². The summed E-state index contributed by atoms with van der Waals surface area (Å²) in [5.74, 6) is -0.286. The molecule has 0 bridgehead atoms. The molecule has 1 atom stereocenters. The Kier molecular flexibility index (Phi) is 3.61. The van der Waals surface area contributed by atoms with E-state index in [1.54, 1.807) is 33.8 Å². The van der Waals surface area contributed by atoms with Crippen LogP contribution >= 0.6 is 0 Å². The fourth-order valence-electron chi connectivity index (χ4n) is 1.93. The lowest BCUT2D eigenvalue weighted by atomic mass is 10.3.